The zero-order valence-electron chi connectivity index (χ0n) is 16.4. The molecule has 1 heterocycles. The molecule has 7 nitrogen and oxygen atoms in total. The molecule has 2 aromatic rings. The van der Waals surface area contributed by atoms with Crippen LogP contribution in [0.1, 0.15) is 22.5 Å². The van der Waals surface area contributed by atoms with Crippen LogP contribution in [0.3, 0.4) is 0 Å². The fourth-order valence-corrected chi connectivity index (χ4v) is 2.65. The highest BCUT2D eigenvalue weighted by Crippen LogP contribution is 2.18. The van der Waals surface area contributed by atoms with Crippen LogP contribution in [0.5, 0.6) is 5.75 Å². The van der Waals surface area contributed by atoms with E-state index in [1.54, 1.807) is 24.9 Å². The smallest absolute Gasteiger partial charge is 0.331 e. The largest absolute Gasteiger partial charge is 0.496 e. The first-order chi connectivity index (χ1) is 12.8. The molecular formula is C20H25N3O4. The van der Waals surface area contributed by atoms with Crippen LogP contribution in [0.25, 0.3) is 6.08 Å². The van der Waals surface area contributed by atoms with Crippen LogP contribution in [-0.4, -0.2) is 47.3 Å². The van der Waals surface area contributed by atoms with Crippen molar-refractivity contribution in [3.8, 4) is 5.75 Å². The molecule has 27 heavy (non-hydrogen) atoms. The van der Waals surface area contributed by atoms with Gasteiger partial charge in [0, 0.05) is 43.5 Å². The van der Waals surface area contributed by atoms with Gasteiger partial charge in [0.2, 0.25) is 0 Å². The Morgan fingerprint density at radius 2 is 1.96 bits per heavy atom. The number of benzene rings is 1. The molecule has 0 saturated carbocycles. The van der Waals surface area contributed by atoms with Gasteiger partial charge in [0.05, 0.1) is 12.8 Å². The van der Waals surface area contributed by atoms with Crippen LogP contribution >= 0.6 is 0 Å². The normalized spacial score (nSPS) is 10.9. The maximum Gasteiger partial charge on any atom is 0.331 e. The Balaban J connectivity index is 1.88. The summed E-state index contributed by atoms with van der Waals surface area (Å²) in [5.41, 5.74) is 3.52. The van der Waals surface area contributed by atoms with E-state index < -0.39 is 5.97 Å². The summed E-state index contributed by atoms with van der Waals surface area (Å²) in [5.74, 6) is -0.160. The highest BCUT2D eigenvalue weighted by atomic mass is 16.5. The molecular weight excluding hydrogens is 346 g/mol. The maximum absolute atomic E-state index is 12.2. The summed E-state index contributed by atoms with van der Waals surface area (Å²) in [6.45, 7) is 3.83. The van der Waals surface area contributed by atoms with Crippen LogP contribution < -0.4 is 4.74 Å². The summed E-state index contributed by atoms with van der Waals surface area (Å²) in [7, 11) is 5.08. The summed E-state index contributed by atoms with van der Waals surface area (Å²) >= 11 is 0. The summed E-state index contributed by atoms with van der Waals surface area (Å²) < 4.78 is 12.1. The first kappa shape index (κ1) is 20.2. The van der Waals surface area contributed by atoms with Crippen LogP contribution in [0.2, 0.25) is 0 Å². The number of hydrogen-bond acceptors (Lipinski definition) is 5. The number of aryl methyl sites for hydroxylation is 2. The Morgan fingerprint density at radius 1 is 1.26 bits per heavy atom. The summed E-state index contributed by atoms with van der Waals surface area (Å²) in [5, 5.41) is 4.28. The number of para-hydroxylation sites is 1. The Hall–Kier alpha value is -3.09. The Bertz CT molecular complexity index is 855. The van der Waals surface area contributed by atoms with Crippen LogP contribution in [0.15, 0.2) is 30.3 Å². The number of carbonyl (C=O) groups excluding carboxylic acids is 2. The SMILES string of the molecule is COc1ccccc1CN(C)C(=O)COC(=O)/C=C/c1c(C)nn(C)c1C. The molecule has 0 fully saturated rings. The predicted octanol–water partition coefficient (Wildman–Crippen LogP) is 2.26. The zero-order valence-corrected chi connectivity index (χ0v) is 16.4. The minimum absolute atomic E-state index is 0.295. The number of amides is 1. The van der Waals surface area contributed by atoms with Crippen molar-refractivity contribution in [2.75, 3.05) is 20.8 Å². The lowest BCUT2D eigenvalue weighted by Gasteiger charge is -2.18. The molecule has 0 aliphatic heterocycles. The molecule has 144 valence electrons. The van der Waals surface area contributed by atoms with Gasteiger partial charge in [0.25, 0.3) is 5.91 Å². The summed E-state index contributed by atoms with van der Waals surface area (Å²) in [6.07, 6.45) is 2.97. The van der Waals surface area contributed by atoms with E-state index in [9.17, 15) is 9.59 Å². The second kappa shape index (κ2) is 9.02. The van der Waals surface area contributed by atoms with E-state index in [2.05, 4.69) is 5.10 Å². The van der Waals surface area contributed by atoms with Crippen molar-refractivity contribution in [2.24, 2.45) is 7.05 Å². The monoisotopic (exact) mass is 371 g/mol. The maximum atomic E-state index is 12.2. The van der Waals surface area contributed by atoms with Gasteiger partial charge in [-0.25, -0.2) is 4.79 Å². The fraction of sp³-hybridized carbons (Fsp3) is 0.350. The van der Waals surface area contributed by atoms with E-state index in [-0.39, 0.29) is 12.5 Å². The van der Waals surface area contributed by atoms with Crippen molar-refractivity contribution >= 4 is 18.0 Å². The molecule has 0 aliphatic rings. The van der Waals surface area contributed by atoms with Gasteiger partial charge in [0.1, 0.15) is 5.75 Å². The van der Waals surface area contributed by atoms with E-state index in [1.165, 1.54) is 11.0 Å². The molecule has 1 amide bonds. The van der Waals surface area contributed by atoms with Gasteiger partial charge < -0.3 is 14.4 Å². The van der Waals surface area contributed by atoms with Crippen LogP contribution in [0, 0.1) is 13.8 Å². The Morgan fingerprint density at radius 3 is 2.59 bits per heavy atom. The molecule has 0 saturated heterocycles. The van der Waals surface area contributed by atoms with E-state index >= 15 is 0 Å². The van der Waals surface area contributed by atoms with Gasteiger partial charge in [-0.1, -0.05) is 18.2 Å². The lowest BCUT2D eigenvalue weighted by Crippen LogP contribution is -2.30. The minimum Gasteiger partial charge on any atom is -0.496 e. The number of hydrogen-bond donors (Lipinski definition) is 0. The summed E-state index contributed by atoms with van der Waals surface area (Å²) in [6, 6.07) is 7.46. The number of aromatic nitrogens is 2. The number of esters is 1. The van der Waals surface area contributed by atoms with Crippen molar-refractivity contribution in [2.45, 2.75) is 20.4 Å². The number of methoxy groups -OCH3 is 1. The minimum atomic E-state index is -0.573. The topological polar surface area (TPSA) is 73.7 Å². The van der Waals surface area contributed by atoms with Gasteiger partial charge in [0.15, 0.2) is 6.61 Å². The number of ether oxygens (including phenoxy) is 2. The molecule has 1 aromatic heterocycles. The molecule has 2 rings (SSSR count). The van der Waals surface area contributed by atoms with E-state index in [0.29, 0.717) is 12.3 Å². The molecule has 0 bridgehead atoms. The number of nitrogens with zero attached hydrogens (tertiary/aromatic N) is 3. The highest BCUT2D eigenvalue weighted by Gasteiger charge is 2.14. The van der Waals surface area contributed by atoms with Gasteiger partial charge in [-0.05, 0) is 26.0 Å². The van der Waals surface area contributed by atoms with Crippen LogP contribution in [-0.2, 0) is 27.9 Å². The Labute approximate surface area is 159 Å². The molecule has 0 atom stereocenters. The quantitative estimate of drug-likeness (QED) is 0.551. The zero-order chi connectivity index (χ0) is 20.0. The molecule has 0 aliphatic carbocycles. The average molecular weight is 371 g/mol. The molecule has 0 radical (unpaired) electrons. The second-order valence-corrected chi connectivity index (χ2v) is 6.21. The lowest BCUT2D eigenvalue weighted by molar-refractivity contribution is -0.147. The third-order valence-electron chi connectivity index (χ3n) is 4.31. The van der Waals surface area contributed by atoms with Crippen molar-refractivity contribution in [3.63, 3.8) is 0 Å². The molecule has 7 heteroatoms. The highest BCUT2D eigenvalue weighted by molar-refractivity contribution is 5.89. The third kappa shape index (κ3) is 5.20. The molecule has 1 aromatic carbocycles. The number of likely N-dealkylation sites (N-methyl/N-ethyl adjacent to an activating group) is 1. The van der Waals surface area contributed by atoms with Crippen LogP contribution in [0.4, 0.5) is 0 Å². The fourth-order valence-electron chi connectivity index (χ4n) is 2.65. The average Bonchev–Trinajstić information content (AvgIpc) is 2.90. The van der Waals surface area contributed by atoms with Crippen molar-refractivity contribution in [1.82, 2.24) is 14.7 Å². The van der Waals surface area contributed by atoms with Gasteiger partial charge >= 0.3 is 5.97 Å². The van der Waals surface area contributed by atoms with Crippen molar-refractivity contribution < 1.29 is 19.1 Å². The number of carbonyl (C=O) groups is 2. The second-order valence-electron chi connectivity index (χ2n) is 6.21. The van der Waals surface area contributed by atoms with E-state index in [1.807, 2.05) is 45.2 Å². The van der Waals surface area contributed by atoms with Gasteiger partial charge in [-0.3, -0.25) is 9.48 Å². The first-order valence-electron chi connectivity index (χ1n) is 8.54. The van der Waals surface area contributed by atoms with Crippen molar-refractivity contribution in [1.29, 1.82) is 0 Å². The molecule has 0 unspecified atom stereocenters. The van der Waals surface area contributed by atoms with Gasteiger partial charge in [-0.2, -0.15) is 5.10 Å². The first-order valence-corrected chi connectivity index (χ1v) is 8.54. The van der Waals surface area contributed by atoms with E-state index in [0.717, 1.165) is 22.5 Å². The molecule has 0 N–H and O–H groups in total. The number of rotatable bonds is 7. The lowest BCUT2D eigenvalue weighted by atomic mass is 10.2. The standard InChI is InChI=1S/C20H25N3O4/c1-14-17(15(2)23(4)21-14)10-11-20(25)27-13-19(24)22(3)12-16-8-6-7-9-18(16)26-5/h6-11H,12-13H2,1-5H3/b11-10+. The van der Waals surface area contributed by atoms with Gasteiger partial charge in [-0.15, -0.1) is 0 Å². The van der Waals surface area contributed by atoms with Crippen molar-refractivity contribution in [3.05, 3.63) is 52.9 Å². The Kier molecular flexibility index (Phi) is 6.76. The van der Waals surface area contributed by atoms with E-state index in [4.69, 9.17) is 9.47 Å². The summed E-state index contributed by atoms with van der Waals surface area (Å²) in [4.78, 5) is 25.6. The predicted molar refractivity (Wildman–Crippen MR) is 102 cm³/mol. The third-order valence-corrected chi connectivity index (χ3v) is 4.31. The molecule has 0 spiro atoms.